The molecule has 1 aliphatic rings. The number of nitrogens with zero attached hydrogens (tertiary/aromatic N) is 4. The minimum absolute atomic E-state index is 0.122. The molecule has 11 heteroatoms. The summed E-state index contributed by atoms with van der Waals surface area (Å²) < 4.78 is 66.4. The minimum Gasteiger partial charge on any atom is -0.354 e. The molecule has 1 fully saturated rings. The van der Waals surface area contributed by atoms with Crippen LogP contribution in [0, 0.1) is 13.8 Å². The van der Waals surface area contributed by atoms with Gasteiger partial charge in [-0.05, 0) is 56.3 Å². The van der Waals surface area contributed by atoms with Gasteiger partial charge in [-0.3, -0.25) is 0 Å². The largest absolute Gasteiger partial charge is 0.416 e. The maximum absolute atomic E-state index is 13.0. The summed E-state index contributed by atoms with van der Waals surface area (Å²) in [6, 6.07) is 11.0. The van der Waals surface area contributed by atoms with Crippen LogP contribution in [0.5, 0.6) is 0 Å². The predicted molar refractivity (Wildman–Crippen MR) is 124 cm³/mol. The summed E-state index contributed by atoms with van der Waals surface area (Å²) in [5.41, 5.74) is 1.49. The predicted octanol–water partition coefficient (Wildman–Crippen LogP) is 4.94. The molecule has 0 aliphatic carbocycles. The second kappa shape index (κ2) is 9.16. The number of aryl methyl sites for hydroxylation is 1. The first kappa shape index (κ1) is 24.4. The Morgan fingerprint density at radius 1 is 0.941 bits per heavy atom. The van der Waals surface area contributed by atoms with E-state index in [2.05, 4.69) is 4.98 Å². The molecule has 1 aromatic heterocycles. The molecule has 4 rings (SSSR count). The van der Waals surface area contributed by atoms with Gasteiger partial charge in [0.1, 0.15) is 5.82 Å². The smallest absolute Gasteiger partial charge is 0.354 e. The highest BCUT2D eigenvalue weighted by Crippen LogP contribution is 2.32. The van der Waals surface area contributed by atoms with E-state index < -0.39 is 21.8 Å². The molecule has 6 nitrogen and oxygen atoms in total. The molecular weight excluding hydrogens is 489 g/mol. The van der Waals surface area contributed by atoms with Crippen molar-refractivity contribution in [3.63, 3.8) is 0 Å². The van der Waals surface area contributed by atoms with Crippen LogP contribution in [0.25, 0.3) is 11.4 Å². The average molecular weight is 511 g/mol. The normalized spacial score (nSPS) is 15.5. The number of hydrogen-bond acceptors (Lipinski definition) is 5. The van der Waals surface area contributed by atoms with Gasteiger partial charge in [-0.25, -0.2) is 18.4 Å². The number of hydrogen-bond donors (Lipinski definition) is 0. The van der Waals surface area contributed by atoms with Crippen molar-refractivity contribution in [1.29, 1.82) is 0 Å². The number of alkyl halides is 3. The van der Waals surface area contributed by atoms with Crippen LogP contribution in [0.3, 0.4) is 0 Å². The standard InChI is InChI=1S/C23H22ClF3N4O2S/c1-15-16(2)28-21(17-6-8-19(24)9-7-17)29-22(15)30-10-12-31(13-11-30)34(32,33)20-5-3-4-18(14-20)23(25,26)27/h3-9,14H,10-13H2,1-2H3. The van der Waals surface area contributed by atoms with E-state index in [0.29, 0.717) is 35.8 Å². The van der Waals surface area contributed by atoms with Crippen molar-refractivity contribution in [2.24, 2.45) is 0 Å². The fourth-order valence-electron chi connectivity index (χ4n) is 3.77. The van der Waals surface area contributed by atoms with Gasteiger partial charge in [-0.2, -0.15) is 17.5 Å². The number of anilines is 1. The Labute approximate surface area is 201 Å². The van der Waals surface area contributed by atoms with Crippen molar-refractivity contribution in [2.75, 3.05) is 31.1 Å². The van der Waals surface area contributed by atoms with E-state index in [0.717, 1.165) is 29.0 Å². The maximum atomic E-state index is 13.0. The van der Waals surface area contributed by atoms with Crippen molar-refractivity contribution in [3.8, 4) is 11.4 Å². The van der Waals surface area contributed by atoms with Gasteiger partial charge in [0, 0.05) is 48.0 Å². The lowest BCUT2D eigenvalue weighted by Gasteiger charge is -2.35. The van der Waals surface area contributed by atoms with Gasteiger partial charge in [-0.15, -0.1) is 0 Å². The van der Waals surface area contributed by atoms with Gasteiger partial charge < -0.3 is 4.90 Å². The molecule has 2 heterocycles. The Kier molecular flexibility index (Phi) is 6.58. The van der Waals surface area contributed by atoms with Crippen LogP contribution < -0.4 is 4.90 Å². The molecule has 0 spiro atoms. The molecule has 2 aromatic carbocycles. The number of rotatable bonds is 4. The Morgan fingerprint density at radius 3 is 2.21 bits per heavy atom. The fourth-order valence-corrected chi connectivity index (χ4v) is 5.37. The van der Waals surface area contributed by atoms with E-state index in [1.165, 1.54) is 10.4 Å². The summed E-state index contributed by atoms with van der Waals surface area (Å²) >= 11 is 5.98. The molecule has 0 amide bonds. The zero-order valence-corrected chi connectivity index (χ0v) is 20.0. The second-order valence-electron chi connectivity index (χ2n) is 8.00. The van der Waals surface area contributed by atoms with Gasteiger partial charge in [0.2, 0.25) is 10.0 Å². The van der Waals surface area contributed by atoms with E-state index >= 15 is 0 Å². The van der Waals surface area contributed by atoms with Crippen molar-refractivity contribution in [1.82, 2.24) is 14.3 Å². The Hall–Kier alpha value is -2.69. The topological polar surface area (TPSA) is 66.4 Å². The van der Waals surface area contributed by atoms with E-state index in [1.54, 1.807) is 12.1 Å². The van der Waals surface area contributed by atoms with E-state index in [4.69, 9.17) is 16.6 Å². The zero-order chi connectivity index (χ0) is 24.7. The van der Waals surface area contributed by atoms with Gasteiger partial charge >= 0.3 is 6.18 Å². The van der Waals surface area contributed by atoms with E-state index in [-0.39, 0.29) is 18.0 Å². The molecular formula is C23H22ClF3N4O2S. The average Bonchev–Trinajstić information content (AvgIpc) is 2.81. The van der Waals surface area contributed by atoms with E-state index in [9.17, 15) is 21.6 Å². The second-order valence-corrected chi connectivity index (χ2v) is 10.4. The summed E-state index contributed by atoms with van der Waals surface area (Å²) in [7, 11) is -4.06. The first-order chi connectivity index (χ1) is 16.0. The highest BCUT2D eigenvalue weighted by Gasteiger charge is 2.34. The summed E-state index contributed by atoms with van der Waals surface area (Å²) in [6.45, 7) is 4.72. The van der Waals surface area contributed by atoms with Crippen molar-refractivity contribution in [3.05, 3.63) is 70.4 Å². The number of sulfonamides is 1. The van der Waals surface area contributed by atoms with Crippen molar-refractivity contribution in [2.45, 2.75) is 24.9 Å². The summed E-state index contributed by atoms with van der Waals surface area (Å²) in [5.74, 6) is 1.24. The SMILES string of the molecule is Cc1nc(-c2ccc(Cl)cc2)nc(N2CCN(S(=O)(=O)c3cccc(C(F)(F)F)c3)CC2)c1C. The van der Waals surface area contributed by atoms with Crippen LogP contribution in [0.4, 0.5) is 19.0 Å². The summed E-state index contributed by atoms with van der Waals surface area (Å²) in [4.78, 5) is 10.9. The third kappa shape index (κ3) is 4.89. The molecule has 180 valence electrons. The Morgan fingerprint density at radius 2 is 1.59 bits per heavy atom. The Bertz CT molecular complexity index is 1310. The molecule has 0 N–H and O–H groups in total. The van der Waals surface area contributed by atoms with Crippen LogP contribution in [0.15, 0.2) is 53.4 Å². The highest BCUT2D eigenvalue weighted by atomic mass is 35.5. The third-order valence-electron chi connectivity index (χ3n) is 5.80. The molecule has 0 unspecified atom stereocenters. The van der Waals surface area contributed by atoms with Gasteiger partial charge in [-0.1, -0.05) is 17.7 Å². The van der Waals surface area contributed by atoms with Crippen LogP contribution in [-0.2, 0) is 16.2 Å². The molecule has 0 saturated carbocycles. The van der Waals surface area contributed by atoms with Crippen molar-refractivity contribution < 1.29 is 21.6 Å². The molecule has 1 saturated heterocycles. The monoisotopic (exact) mass is 510 g/mol. The summed E-state index contributed by atoms with van der Waals surface area (Å²) in [5, 5.41) is 0.603. The maximum Gasteiger partial charge on any atom is 0.416 e. The molecule has 0 atom stereocenters. The highest BCUT2D eigenvalue weighted by molar-refractivity contribution is 7.89. The molecule has 0 radical (unpaired) electrons. The lowest BCUT2D eigenvalue weighted by molar-refractivity contribution is -0.137. The van der Waals surface area contributed by atoms with Gasteiger partial charge in [0.25, 0.3) is 0 Å². The summed E-state index contributed by atoms with van der Waals surface area (Å²) in [6.07, 6.45) is -4.62. The van der Waals surface area contributed by atoms with Crippen molar-refractivity contribution >= 4 is 27.4 Å². The fraction of sp³-hybridized carbons (Fsp3) is 0.304. The number of halogens is 4. The lowest BCUT2D eigenvalue weighted by atomic mass is 10.1. The lowest BCUT2D eigenvalue weighted by Crippen LogP contribution is -2.49. The molecule has 34 heavy (non-hydrogen) atoms. The van der Waals surface area contributed by atoms with Crippen LogP contribution in [0.1, 0.15) is 16.8 Å². The number of aromatic nitrogens is 2. The molecule has 3 aromatic rings. The first-order valence-electron chi connectivity index (χ1n) is 10.5. The van der Waals surface area contributed by atoms with Gasteiger partial charge in [0.15, 0.2) is 5.82 Å². The quantitative estimate of drug-likeness (QED) is 0.497. The first-order valence-corrected chi connectivity index (χ1v) is 12.3. The molecule has 1 aliphatic heterocycles. The Balaban J connectivity index is 1.56. The van der Waals surface area contributed by atoms with Crippen LogP contribution in [0.2, 0.25) is 5.02 Å². The van der Waals surface area contributed by atoms with Gasteiger partial charge in [0.05, 0.1) is 10.5 Å². The number of piperazine rings is 1. The zero-order valence-electron chi connectivity index (χ0n) is 18.5. The minimum atomic E-state index is -4.62. The van der Waals surface area contributed by atoms with E-state index in [1.807, 2.05) is 30.9 Å². The number of benzene rings is 2. The van der Waals surface area contributed by atoms with Crippen LogP contribution in [-0.4, -0.2) is 48.9 Å². The third-order valence-corrected chi connectivity index (χ3v) is 7.95. The molecule has 0 bridgehead atoms. The van der Waals surface area contributed by atoms with Crippen LogP contribution >= 0.6 is 11.6 Å².